The number of hydrogen-bond acceptors (Lipinski definition) is 2. The molecule has 158 valence electrons. The lowest BCUT2D eigenvalue weighted by Gasteiger charge is -2.10. The van der Waals surface area contributed by atoms with Crippen molar-refractivity contribution in [1.82, 2.24) is 0 Å². The number of phenolic OH excluding ortho intramolecular Hbond substituents is 2. The Hall–Kier alpha value is -2.94. The minimum atomic E-state index is 0.295. The highest BCUT2D eigenvalue weighted by atomic mass is 35.5. The molecule has 0 aliphatic carbocycles. The van der Waals surface area contributed by atoms with E-state index >= 15 is 0 Å². The molecule has 0 aliphatic heterocycles. The van der Waals surface area contributed by atoms with Crippen LogP contribution in [0.15, 0.2) is 91.0 Å². The Morgan fingerprint density at radius 3 is 1.81 bits per heavy atom. The molecule has 0 unspecified atom stereocenters. The second-order valence-electron chi connectivity index (χ2n) is 7.27. The third-order valence-corrected chi connectivity index (χ3v) is 5.65. The molecule has 31 heavy (non-hydrogen) atoms. The number of hydrogen-bond donors (Lipinski definition) is 2. The Bertz CT molecular complexity index is 1130. The lowest BCUT2D eigenvalue weighted by atomic mass is 9.99. The van der Waals surface area contributed by atoms with Gasteiger partial charge in [0.05, 0.1) is 0 Å². The molecule has 2 nitrogen and oxygen atoms in total. The van der Waals surface area contributed by atoms with Crippen LogP contribution >= 0.6 is 23.2 Å². The summed E-state index contributed by atoms with van der Waals surface area (Å²) in [5, 5.41) is 20.8. The van der Waals surface area contributed by atoms with E-state index in [1.54, 1.807) is 30.3 Å². The summed E-state index contributed by atoms with van der Waals surface area (Å²) in [6.45, 7) is 1.93. The lowest BCUT2D eigenvalue weighted by Crippen LogP contribution is -1.93. The van der Waals surface area contributed by atoms with Crippen molar-refractivity contribution in [2.75, 3.05) is 0 Å². The molecule has 0 radical (unpaired) electrons. The summed E-state index contributed by atoms with van der Waals surface area (Å²) in [5.41, 5.74) is 5.04. The van der Waals surface area contributed by atoms with E-state index in [4.69, 9.17) is 23.2 Å². The van der Waals surface area contributed by atoms with Gasteiger partial charge in [0.15, 0.2) is 0 Å². The maximum Gasteiger partial charge on any atom is 0.119 e. The summed E-state index contributed by atoms with van der Waals surface area (Å²) in [4.78, 5) is 0. The zero-order valence-corrected chi connectivity index (χ0v) is 18.7. The summed E-state index contributed by atoms with van der Waals surface area (Å²) in [6.07, 6.45) is 1.41. The zero-order valence-electron chi connectivity index (χ0n) is 17.2. The van der Waals surface area contributed by atoms with E-state index in [0.29, 0.717) is 34.4 Å². The summed E-state index contributed by atoms with van der Waals surface area (Å²) in [5.74, 6) is 0.606. The fourth-order valence-electron chi connectivity index (χ4n) is 3.25. The molecule has 0 bridgehead atoms. The topological polar surface area (TPSA) is 40.5 Å². The fraction of sp³-hybridized carbons (Fsp3) is 0.111. The van der Waals surface area contributed by atoms with Crippen molar-refractivity contribution in [3.63, 3.8) is 0 Å². The van der Waals surface area contributed by atoms with Crippen molar-refractivity contribution in [3.8, 4) is 11.5 Å². The van der Waals surface area contributed by atoms with Gasteiger partial charge >= 0.3 is 0 Å². The van der Waals surface area contributed by atoms with Gasteiger partial charge in [-0.25, -0.2) is 0 Å². The van der Waals surface area contributed by atoms with Crippen molar-refractivity contribution in [1.29, 1.82) is 0 Å². The van der Waals surface area contributed by atoms with Crippen LogP contribution in [0.4, 0.5) is 0 Å². The maximum atomic E-state index is 9.82. The van der Waals surface area contributed by atoms with Crippen molar-refractivity contribution in [2.24, 2.45) is 0 Å². The van der Waals surface area contributed by atoms with Crippen LogP contribution in [0.2, 0.25) is 10.0 Å². The van der Waals surface area contributed by atoms with Crippen LogP contribution < -0.4 is 0 Å². The number of rotatable bonds is 4. The molecule has 4 heteroatoms. The van der Waals surface area contributed by atoms with E-state index in [9.17, 15) is 10.2 Å². The van der Waals surface area contributed by atoms with Gasteiger partial charge in [-0.1, -0.05) is 83.9 Å². The molecule has 4 aromatic carbocycles. The minimum Gasteiger partial charge on any atom is -0.508 e. The molecule has 4 rings (SSSR count). The predicted octanol–water partition coefficient (Wildman–Crippen LogP) is 7.58. The van der Waals surface area contributed by atoms with E-state index < -0.39 is 0 Å². The third kappa shape index (κ3) is 6.52. The van der Waals surface area contributed by atoms with Crippen LogP contribution in [0.3, 0.4) is 0 Å². The Labute approximate surface area is 193 Å². The van der Waals surface area contributed by atoms with Crippen LogP contribution in [0, 0.1) is 6.92 Å². The van der Waals surface area contributed by atoms with Crippen molar-refractivity contribution >= 4 is 23.2 Å². The molecule has 0 saturated heterocycles. The first-order valence-electron chi connectivity index (χ1n) is 9.96. The third-order valence-electron chi connectivity index (χ3n) is 5.01. The quantitative estimate of drug-likeness (QED) is 0.336. The Morgan fingerprint density at radius 2 is 1.19 bits per heavy atom. The van der Waals surface area contributed by atoms with E-state index in [2.05, 4.69) is 0 Å². The number of phenols is 2. The maximum absolute atomic E-state index is 9.82. The smallest absolute Gasteiger partial charge is 0.119 e. The molecule has 0 heterocycles. The van der Waals surface area contributed by atoms with Gasteiger partial charge in [-0.05, 0) is 59.5 Å². The summed E-state index contributed by atoms with van der Waals surface area (Å²) in [6, 6.07) is 28.5. The van der Waals surface area contributed by atoms with Gasteiger partial charge in [-0.3, -0.25) is 0 Å². The highest BCUT2D eigenvalue weighted by Crippen LogP contribution is 2.29. The molecule has 0 aromatic heterocycles. The first-order valence-corrected chi connectivity index (χ1v) is 10.7. The SMILES string of the molecule is Cc1c(Cl)ccc(O)c1Cc1ccccc1.Oc1ccc(Cl)cc1Cc1ccccc1. The summed E-state index contributed by atoms with van der Waals surface area (Å²) in [7, 11) is 0. The number of benzene rings is 4. The van der Waals surface area contributed by atoms with Gasteiger partial charge in [0.1, 0.15) is 11.5 Å². The first-order chi connectivity index (χ1) is 14.9. The van der Waals surface area contributed by atoms with Gasteiger partial charge in [0, 0.05) is 28.5 Å². The molecule has 0 atom stereocenters. The average Bonchev–Trinajstić information content (AvgIpc) is 2.78. The molecule has 0 aliphatic rings. The number of aromatic hydroxyl groups is 2. The van der Waals surface area contributed by atoms with E-state index in [1.807, 2.05) is 67.6 Å². The Balaban J connectivity index is 0.000000176. The second kappa shape index (κ2) is 10.9. The molecule has 0 amide bonds. The minimum absolute atomic E-state index is 0.295. The Kier molecular flexibility index (Phi) is 8.00. The molecule has 2 N–H and O–H groups in total. The molecule has 4 aromatic rings. The Morgan fingerprint density at radius 1 is 0.645 bits per heavy atom. The van der Waals surface area contributed by atoms with Crippen LogP contribution in [0.25, 0.3) is 0 Å². The zero-order chi connectivity index (χ0) is 22.2. The summed E-state index contributed by atoms with van der Waals surface area (Å²) >= 11 is 11.9. The highest BCUT2D eigenvalue weighted by Gasteiger charge is 2.08. The fourth-order valence-corrected chi connectivity index (χ4v) is 3.62. The van der Waals surface area contributed by atoms with E-state index in [1.165, 1.54) is 5.56 Å². The largest absolute Gasteiger partial charge is 0.508 e. The molecule has 0 saturated carbocycles. The second-order valence-corrected chi connectivity index (χ2v) is 8.11. The van der Waals surface area contributed by atoms with Crippen molar-refractivity contribution < 1.29 is 10.2 Å². The van der Waals surface area contributed by atoms with Crippen molar-refractivity contribution in [2.45, 2.75) is 19.8 Å². The van der Waals surface area contributed by atoms with Crippen LogP contribution in [0.1, 0.15) is 27.8 Å². The molecular weight excluding hydrogens is 427 g/mol. The lowest BCUT2D eigenvalue weighted by molar-refractivity contribution is 0.468. The van der Waals surface area contributed by atoms with E-state index in [0.717, 1.165) is 22.3 Å². The van der Waals surface area contributed by atoms with Gasteiger partial charge in [-0.15, -0.1) is 0 Å². The van der Waals surface area contributed by atoms with Crippen LogP contribution in [0.5, 0.6) is 11.5 Å². The van der Waals surface area contributed by atoms with Gasteiger partial charge in [0.25, 0.3) is 0 Å². The van der Waals surface area contributed by atoms with Crippen molar-refractivity contribution in [3.05, 3.63) is 129 Å². The average molecular weight is 451 g/mol. The van der Waals surface area contributed by atoms with Crippen LogP contribution in [-0.2, 0) is 12.8 Å². The van der Waals surface area contributed by atoms with Gasteiger partial charge < -0.3 is 10.2 Å². The predicted molar refractivity (Wildman–Crippen MR) is 129 cm³/mol. The summed E-state index contributed by atoms with van der Waals surface area (Å²) < 4.78 is 0. The monoisotopic (exact) mass is 450 g/mol. The standard InChI is InChI=1S/C14H13ClO.C13H11ClO/c1-10-12(14(16)8-7-13(10)15)9-11-5-3-2-4-6-11;14-12-6-7-13(15)11(9-12)8-10-4-2-1-3-5-10/h2-8,16H,9H2,1H3;1-7,9,15H,8H2. The molecular formula is C27H24Cl2O2. The van der Waals surface area contributed by atoms with Gasteiger partial charge in [-0.2, -0.15) is 0 Å². The van der Waals surface area contributed by atoms with Crippen LogP contribution in [-0.4, -0.2) is 10.2 Å². The molecule has 0 spiro atoms. The highest BCUT2D eigenvalue weighted by molar-refractivity contribution is 6.31. The molecule has 0 fully saturated rings. The van der Waals surface area contributed by atoms with E-state index in [-0.39, 0.29) is 0 Å². The number of halogens is 2. The van der Waals surface area contributed by atoms with Gasteiger partial charge in [0.2, 0.25) is 0 Å². The first kappa shape index (κ1) is 22.7. The normalized spacial score (nSPS) is 10.3.